The van der Waals surface area contributed by atoms with Gasteiger partial charge in [0, 0.05) is 44.1 Å². The molecule has 0 aliphatic carbocycles. The Labute approximate surface area is 166 Å². The summed E-state index contributed by atoms with van der Waals surface area (Å²) in [5.74, 6) is 1.87. The zero-order chi connectivity index (χ0) is 19.6. The van der Waals surface area contributed by atoms with Crippen LogP contribution in [0.15, 0.2) is 34.7 Å². The van der Waals surface area contributed by atoms with Crippen LogP contribution in [0.2, 0.25) is 0 Å². The maximum Gasteiger partial charge on any atom is 0.222 e. The van der Waals surface area contributed by atoms with Crippen LogP contribution in [-0.4, -0.2) is 47.3 Å². The molecule has 1 aromatic heterocycles. The Morgan fingerprint density at radius 1 is 1.21 bits per heavy atom. The average Bonchev–Trinajstić information content (AvgIpc) is 3.33. The van der Waals surface area contributed by atoms with Gasteiger partial charge >= 0.3 is 0 Å². The quantitative estimate of drug-likeness (QED) is 0.790. The molecule has 1 unspecified atom stereocenters. The Hall–Kier alpha value is -2.21. The summed E-state index contributed by atoms with van der Waals surface area (Å²) in [4.78, 5) is 15.0. The van der Waals surface area contributed by atoms with Crippen molar-refractivity contribution < 1.29 is 13.9 Å². The first kappa shape index (κ1) is 19.1. The standard InChI is InChI=1S/C22H29N3O3/c1-16(2)20-23-24-21(28-20)18-14-25(15-22(18)10-12-27-13-11-22)19(26)9-8-17-6-4-3-5-7-17/h3-7,16,18H,8-15H2,1-2H3. The molecule has 2 saturated heterocycles. The van der Waals surface area contributed by atoms with Crippen molar-refractivity contribution in [2.45, 2.75) is 51.4 Å². The second-order valence-electron chi connectivity index (χ2n) is 8.42. The maximum absolute atomic E-state index is 13.0. The minimum atomic E-state index is -0.0125. The van der Waals surface area contributed by atoms with Crippen molar-refractivity contribution in [3.63, 3.8) is 0 Å². The van der Waals surface area contributed by atoms with Crippen LogP contribution < -0.4 is 0 Å². The third-order valence-corrected chi connectivity index (χ3v) is 6.21. The van der Waals surface area contributed by atoms with E-state index < -0.39 is 0 Å². The smallest absolute Gasteiger partial charge is 0.222 e. The van der Waals surface area contributed by atoms with E-state index in [1.807, 2.05) is 23.1 Å². The monoisotopic (exact) mass is 383 g/mol. The molecule has 28 heavy (non-hydrogen) atoms. The van der Waals surface area contributed by atoms with Crippen molar-refractivity contribution in [2.75, 3.05) is 26.3 Å². The summed E-state index contributed by atoms with van der Waals surface area (Å²) in [6.07, 6.45) is 3.17. The number of nitrogens with zero attached hydrogens (tertiary/aromatic N) is 3. The zero-order valence-corrected chi connectivity index (χ0v) is 16.8. The topological polar surface area (TPSA) is 68.5 Å². The summed E-state index contributed by atoms with van der Waals surface area (Å²) in [5.41, 5.74) is 1.19. The summed E-state index contributed by atoms with van der Waals surface area (Å²) in [7, 11) is 0. The van der Waals surface area contributed by atoms with E-state index in [1.165, 1.54) is 5.56 Å². The van der Waals surface area contributed by atoms with Gasteiger partial charge in [0.05, 0.1) is 5.92 Å². The van der Waals surface area contributed by atoms with Crippen LogP contribution >= 0.6 is 0 Å². The number of carbonyl (C=O) groups excluding carboxylic acids is 1. The lowest BCUT2D eigenvalue weighted by Crippen LogP contribution is -2.37. The molecule has 1 amide bonds. The molecule has 6 heteroatoms. The highest BCUT2D eigenvalue weighted by Gasteiger charge is 2.51. The minimum absolute atomic E-state index is 0.0125. The lowest BCUT2D eigenvalue weighted by atomic mass is 9.72. The van der Waals surface area contributed by atoms with E-state index in [0.717, 1.165) is 39.0 Å². The van der Waals surface area contributed by atoms with Crippen molar-refractivity contribution in [1.82, 2.24) is 15.1 Å². The minimum Gasteiger partial charge on any atom is -0.425 e. The van der Waals surface area contributed by atoms with Crippen LogP contribution in [0.25, 0.3) is 0 Å². The highest BCUT2D eigenvalue weighted by Crippen LogP contribution is 2.49. The lowest BCUT2D eigenvalue weighted by molar-refractivity contribution is -0.130. The first-order valence-corrected chi connectivity index (χ1v) is 10.3. The number of likely N-dealkylation sites (tertiary alicyclic amines) is 1. The van der Waals surface area contributed by atoms with Crippen LogP contribution in [0.3, 0.4) is 0 Å². The van der Waals surface area contributed by atoms with E-state index in [-0.39, 0.29) is 23.2 Å². The highest BCUT2D eigenvalue weighted by atomic mass is 16.5. The molecule has 0 saturated carbocycles. The fourth-order valence-corrected chi connectivity index (χ4v) is 4.46. The summed E-state index contributed by atoms with van der Waals surface area (Å²) < 4.78 is 11.6. The number of rotatable bonds is 5. The van der Waals surface area contributed by atoms with E-state index >= 15 is 0 Å². The molecule has 3 heterocycles. The molecule has 4 rings (SSSR count). The fourth-order valence-electron chi connectivity index (χ4n) is 4.46. The summed E-state index contributed by atoms with van der Waals surface area (Å²) in [6, 6.07) is 10.2. The molecule has 2 aliphatic rings. The molecule has 150 valence electrons. The first-order chi connectivity index (χ1) is 13.6. The summed E-state index contributed by atoms with van der Waals surface area (Å²) in [6.45, 7) is 6.98. The molecule has 2 aliphatic heterocycles. The molecular weight excluding hydrogens is 354 g/mol. The normalized spacial score (nSPS) is 21.5. The Morgan fingerprint density at radius 3 is 2.64 bits per heavy atom. The molecule has 1 spiro atoms. The molecule has 2 fully saturated rings. The molecular formula is C22H29N3O3. The number of aromatic nitrogens is 2. The van der Waals surface area contributed by atoms with Gasteiger partial charge in [-0.05, 0) is 24.8 Å². The number of hydrogen-bond donors (Lipinski definition) is 0. The van der Waals surface area contributed by atoms with E-state index in [2.05, 4.69) is 36.2 Å². The number of benzene rings is 1. The van der Waals surface area contributed by atoms with Crippen LogP contribution in [-0.2, 0) is 16.0 Å². The van der Waals surface area contributed by atoms with Gasteiger partial charge in [-0.1, -0.05) is 44.2 Å². The summed E-state index contributed by atoms with van der Waals surface area (Å²) >= 11 is 0. The van der Waals surface area contributed by atoms with Crippen molar-refractivity contribution in [2.24, 2.45) is 5.41 Å². The van der Waals surface area contributed by atoms with Gasteiger partial charge in [0.2, 0.25) is 17.7 Å². The van der Waals surface area contributed by atoms with Gasteiger partial charge in [-0.3, -0.25) is 4.79 Å². The molecule has 6 nitrogen and oxygen atoms in total. The Bertz CT molecular complexity index is 796. The average molecular weight is 383 g/mol. The maximum atomic E-state index is 13.0. The van der Waals surface area contributed by atoms with Crippen molar-refractivity contribution >= 4 is 5.91 Å². The van der Waals surface area contributed by atoms with Crippen LogP contribution in [0.5, 0.6) is 0 Å². The largest absolute Gasteiger partial charge is 0.425 e. The van der Waals surface area contributed by atoms with E-state index in [1.54, 1.807) is 0 Å². The predicted molar refractivity (Wildman–Crippen MR) is 105 cm³/mol. The van der Waals surface area contributed by atoms with Gasteiger partial charge in [-0.2, -0.15) is 0 Å². The van der Waals surface area contributed by atoms with Gasteiger partial charge in [-0.15, -0.1) is 10.2 Å². The highest BCUT2D eigenvalue weighted by molar-refractivity contribution is 5.77. The second kappa shape index (κ2) is 8.03. The third-order valence-electron chi connectivity index (χ3n) is 6.21. The van der Waals surface area contributed by atoms with E-state index in [9.17, 15) is 4.79 Å². The lowest BCUT2D eigenvalue weighted by Gasteiger charge is -2.36. The second-order valence-corrected chi connectivity index (χ2v) is 8.42. The van der Waals surface area contributed by atoms with E-state index in [0.29, 0.717) is 24.7 Å². The van der Waals surface area contributed by atoms with E-state index in [4.69, 9.17) is 9.15 Å². The van der Waals surface area contributed by atoms with Gasteiger partial charge in [0.1, 0.15) is 0 Å². The van der Waals surface area contributed by atoms with Crippen LogP contribution in [0.4, 0.5) is 0 Å². The predicted octanol–water partition coefficient (Wildman–Crippen LogP) is 3.55. The Morgan fingerprint density at radius 2 is 1.96 bits per heavy atom. The Balaban J connectivity index is 1.50. The molecule has 1 atom stereocenters. The first-order valence-electron chi connectivity index (χ1n) is 10.3. The van der Waals surface area contributed by atoms with Crippen molar-refractivity contribution in [1.29, 1.82) is 0 Å². The number of carbonyl (C=O) groups is 1. The van der Waals surface area contributed by atoms with Gasteiger partial charge in [-0.25, -0.2) is 0 Å². The number of aryl methyl sites for hydroxylation is 1. The fraction of sp³-hybridized carbons (Fsp3) is 0.591. The molecule has 1 aromatic carbocycles. The summed E-state index contributed by atoms with van der Waals surface area (Å²) in [5, 5.41) is 8.59. The van der Waals surface area contributed by atoms with Gasteiger partial charge in [0.15, 0.2) is 0 Å². The molecule has 0 radical (unpaired) electrons. The third kappa shape index (κ3) is 3.83. The zero-order valence-electron chi connectivity index (χ0n) is 16.8. The van der Waals surface area contributed by atoms with Crippen molar-refractivity contribution in [3.05, 3.63) is 47.7 Å². The number of hydrogen-bond acceptors (Lipinski definition) is 5. The Kier molecular flexibility index (Phi) is 5.49. The van der Waals surface area contributed by atoms with Gasteiger partial charge in [0.25, 0.3) is 0 Å². The van der Waals surface area contributed by atoms with Crippen molar-refractivity contribution in [3.8, 4) is 0 Å². The molecule has 2 aromatic rings. The van der Waals surface area contributed by atoms with Crippen LogP contribution in [0, 0.1) is 5.41 Å². The molecule has 0 bridgehead atoms. The number of amides is 1. The number of ether oxygens (including phenoxy) is 1. The van der Waals surface area contributed by atoms with Gasteiger partial charge < -0.3 is 14.1 Å². The molecule has 0 N–H and O–H groups in total. The SMILES string of the molecule is CC(C)c1nnc(C2CN(C(=O)CCc3ccccc3)CC23CCOCC3)o1. The van der Waals surface area contributed by atoms with Crippen LogP contribution in [0.1, 0.15) is 62.3 Å².